The van der Waals surface area contributed by atoms with Crippen LogP contribution in [0.3, 0.4) is 0 Å². The average molecular weight is 443 g/mol. The van der Waals surface area contributed by atoms with E-state index in [0.29, 0.717) is 5.92 Å². The lowest BCUT2D eigenvalue weighted by atomic mass is 9.87. The summed E-state index contributed by atoms with van der Waals surface area (Å²) in [4.78, 5) is 5.05. The highest BCUT2D eigenvalue weighted by Crippen LogP contribution is 2.38. The summed E-state index contributed by atoms with van der Waals surface area (Å²) in [6, 6.07) is 26.0. The third kappa shape index (κ3) is 4.92. The molecule has 2 atom stereocenters. The van der Waals surface area contributed by atoms with Crippen molar-refractivity contribution in [3.8, 4) is 16.9 Å². The molecule has 1 saturated heterocycles. The molecule has 172 valence electrons. The number of rotatable bonds is 6. The van der Waals surface area contributed by atoms with E-state index < -0.39 is 0 Å². The van der Waals surface area contributed by atoms with E-state index in [2.05, 4.69) is 77.4 Å². The summed E-state index contributed by atoms with van der Waals surface area (Å²) in [6.45, 7) is 8.46. The van der Waals surface area contributed by atoms with Gasteiger partial charge in [-0.25, -0.2) is 0 Å². The van der Waals surface area contributed by atoms with Crippen molar-refractivity contribution in [1.29, 1.82) is 0 Å². The van der Waals surface area contributed by atoms with Gasteiger partial charge in [0.25, 0.3) is 0 Å². The first kappa shape index (κ1) is 22.0. The van der Waals surface area contributed by atoms with Crippen LogP contribution in [0.15, 0.2) is 72.8 Å². The van der Waals surface area contributed by atoms with Crippen LogP contribution in [0, 0.1) is 0 Å². The van der Waals surface area contributed by atoms with Crippen molar-refractivity contribution in [3.05, 3.63) is 83.9 Å². The second-order valence-corrected chi connectivity index (χ2v) is 9.25. The van der Waals surface area contributed by atoms with Gasteiger partial charge in [0.05, 0.1) is 19.8 Å². The summed E-state index contributed by atoms with van der Waals surface area (Å²) >= 11 is 0. The third-order valence-electron chi connectivity index (χ3n) is 7.14. The van der Waals surface area contributed by atoms with E-state index in [1.165, 1.54) is 27.9 Å². The summed E-state index contributed by atoms with van der Waals surface area (Å²) in [7, 11) is 1.71. The molecule has 3 aromatic carbocycles. The number of piperazine rings is 1. The Hall–Kier alpha value is -2.82. The fourth-order valence-electron chi connectivity index (χ4n) is 5.11. The molecular weight excluding hydrogens is 408 g/mol. The maximum Gasteiger partial charge on any atom is 0.119 e. The minimum absolute atomic E-state index is 0.180. The molecular formula is C29H34N2O2. The molecule has 0 radical (unpaired) electrons. The van der Waals surface area contributed by atoms with Gasteiger partial charge in [0.2, 0.25) is 0 Å². The van der Waals surface area contributed by atoms with Gasteiger partial charge in [-0.2, -0.15) is 0 Å². The Morgan fingerprint density at radius 3 is 2.33 bits per heavy atom. The van der Waals surface area contributed by atoms with Crippen molar-refractivity contribution in [3.63, 3.8) is 0 Å². The van der Waals surface area contributed by atoms with Gasteiger partial charge >= 0.3 is 0 Å². The first-order valence-electron chi connectivity index (χ1n) is 12.1. The van der Waals surface area contributed by atoms with Gasteiger partial charge in [-0.1, -0.05) is 49.4 Å². The molecule has 2 aliphatic heterocycles. The number of benzene rings is 3. The Labute approximate surface area is 197 Å². The van der Waals surface area contributed by atoms with Crippen LogP contribution in [0.1, 0.15) is 36.5 Å². The highest BCUT2D eigenvalue weighted by Gasteiger charge is 2.27. The first-order valence-corrected chi connectivity index (χ1v) is 12.1. The zero-order valence-corrected chi connectivity index (χ0v) is 19.7. The zero-order chi connectivity index (χ0) is 22.6. The molecule has 0 bridgehead atoms. The smallest absolute Gasteiger partial charge is 0.119 e. The van der Waals surface area contributed by atoms with Crippen molar-refractivity contribution in [1.82, 2.24) is 4.90 Å². The number of ether oxygens (including phenoxy) is 2. The number of hydrogen-bond acceptors (Lipinski definition) is 4. The molecule has 0 saturated carbocycles. The highest BCUT2D eigenvalue weighted by atomic mass is 16.5. The summed E-state index contributed by atoms with van der Waals surface area (Å²) in [5.74, 6) is 1.36. The molecule has 4 heteroatoms. The molecule has 0 aromatic heterocycles. The van der Waals surface area contributed by atoms with Crippen LogP contribution in [-0.2, 0) is 4.74 Å². The van der Waals surface area contributed by atoms with E-state index in [0.717, 1.165) is 51.5 Å². The first-order chi connectivity index (χ1) is 16.2. The maximum absolute atomic E-state index is 6.36. The quantitative estimate of drug-likeness (QED) is 0.485. The van der Waals surface area contributed by atoms with Gasteiger partial charge in [-0.05, 0) is 59.0 Å². The molecule has 33 heavy (non-hydrogen) atoms. The van der Waals surface area contributed by atoms with Crippen LogP contribution in [0.4, 0.5) is 5.69 Å². The Kier molecular flexibility index (Phi) is 6.65. The molecule has 0 aliphatic carbocycles. The van der Waals surface area contributed by atoms with E-state index in [1.54, 1.807) is 7.11 Å². The third-order valence-corrected chi connectivity index (χ3v) is 7.14. The van der Waals surface area contributed by atoms with Crippen LogP contribution < -0.4 is 9.64 Å². The summed E-state index contributed by atoms with van der Waals surface area (Å²) in [5.41, 5.74) is 6.67. The Balaban J connectivity index is 1.21. The molecule has 0 spiro atoms. The van der Waals surface area contributed by atoms with E-state index in [4.69, 9.17) is 9.47 Å². The lowest BCUT2D eigenvalue weighted by molar-refractivity contribution is 0.0183. The molecule has 3 aromatic rings. The molecule has 2 heterocycles. The number of fused-ring (bicyclic) bond motifs is 1. The van der Waals surface area contributed by atoms with E-state index in [9.17, 15) is 0 Å². The van der Waals surface area contributed by atoms with Crippen LogP contribution >= 0.6 is 0 Å². The average Bonchev–Trinajstić information content (AvgIpc) is 2.89. The van der Waals surface area contributed by atoms with Crippen LogP contribution in [-0.4, -0.2) is 51.3 Å². The summed E-state index contributed by atoms with van der Waals surface area (Å²) < 4.78 is 11.7. The Morgan fingerprint density at radius 1 is 0.848 bits per heavy atom. The molecule has 0 N–H and O–H groups in total. The standard InChI is InChI=1S/C29H34N2O2/c1-22-21-33-29(28-20-24(8-13-27(22)28)23-6-4-3-5-7-23)14-15-30-16-18-31(19-17-30)25-9-11-26(32-2)12-10-25/h3-13,20,22,29H,14-19,21H2,1-2H3. The number of hydrogen-bond donors (Lipinski definition) is 0. The van der Waals surface area contributed by atoms with Crippen molar-refractivity contribution in [2.75, 3.05) is 51.3 Å². The van der Waals surface area contributed by atoms with Crippen LogP contribution in [0.25, 0.3) is 11.1 Å². The SMILES string of the molecule is COc1ccc(N2CCN(CCC3OCC(C)c4ccc(-c5ccccc5)cc43)CC2)cc1. The number of methoxy groups -OCH3 is 1. The molecule has 1 fully saturated rings. The molecule has 5 rings (SSSR count). The van der Waals surface area contributed by atoms with Crippen LogP contribution in [0.5, 0.6) is 5.75 Å². The van der Waals surface area contributed by atoms with Gasteiger partial charge in [0, 0.05) is 44.3 Å². The molecule has 2 unspecified atom stereocenters. The normalized spacial score (nSPS) is 21.0. The highest BCUT2D eigenvalue weighted by molar-refractivity contribution is 5.65. The monoisotopic (exact) mass is 442 g/mol. The topological polar surface area (TPSA) is 24.9 Å². The van der Waals surface area contributed by atoms with Gasteiger partial charge in [-0.15, -0.1) is 0 Å². The van der Waals surface area contributed by atoms with Crippen molar-refractivity contribution >= 4 is 5.69 Å². The fraction of sp³-hybridized carbons (Fsp3) is 0.379. The van der Waals surface area contributed by atoms with Gasteiger partial charge in [-0.3, -0.25) is 4.90 Å². The minimum atomic E-state index is 0.180. The van der Waals surface area contributed by atoms with E-state index in [-0.39, 0.29) is 6.10 Å². The van der Waals surface area contributed by atoms with E-state index in [1.807, 2.05) is 12.1 Å². The van der Waals surface area contributed by atoms with Crippen molar-refractivity contribution in [2.45, 2.75) is 25.4 Å². The zero-order valence-electron chi connectivity index (χ0n) is 19.7. The maximum atomic E-state index is 6.36. The minimum Gasteiger partial charge on any atom is -0.497 e. The van der Waals surface area contributed by atoms with Gasteiger partial charge in [0.1, 0.15) is 5.75 Å². The summed E-state index contributed by atoms with van der Waals surface area (Å²) in [5, 5.41) is 0. The molecule has 4 nitrogen and oxygen atoms in total. The van der Waals surface area contributed by atoms with Crippen molar-refractivity contribution < 1.29 is 9.47 Å². The van der Waals surface area contributed by atoms with Gasteiger partial charge in [0.15, 0.2) is 0 Å². The molecule has 0 amide bonds. The largest absolute Gasteiger partial charge is 0.497 e. The predicted molar refractivity (Wildman–Crippen MR) is 135 cm³/mol. The summed E-state index contributed by atoms with van der Waals surface area (Å²) in [6.07, 6.45) is 1.22. The molecule has 2 aliphatic rings. The number of nitrogens with zero attached hydrogens (tertiary/aromatic N) is 2. The second-order valence-electron chi connectivity index (χ2n) is 9.25. The van der Waals surface area contributed by atoms with Crippen molar-refractivity contribution in [2.24, 2.45) is 0 Å². The van der Waals surface area contributed by atoms with E-state index >= 15 is 0 Å². The second kappa shape index (κ2) is 9.98. The Morgan fingerprint density at radius 2 is 1.61 bits per heavy atom. The predicted octanol–water partition coefficient (Wildman–Crippen LogP) is 5.75. The van der Waals surface area contributed by atoms with Crippen LogP contribution in [0.2, 0.25) is 0 Å². The lowest BCUT2D eigenvalue weighted by Crippen LogP contribution is -2.47. The lowest BCUT2D eigenvalue weighted by Gasteiger charge is -2.37. The van der Waals surface area contributed by atoms with Gasteiger partial charge < -0.3 is 14.4 Å². The number of anilines is 1. The Bertz CT molecular complexity index is 1040. The fourth-order valence-corrected chi connectivity index (χ4v) is 5.11.